The predicted octanol–water partition coefficient (Wildman–Crippen LogP) is 1.91. The third kappa shape index (κ3) is 4.91. The third-order valence-corrected chi connectivity index (χ3v) is 4.19. The lowest BCUT2D eigenvalue weighted by molar-refractivity contribution is -0.132. The van der Waals surface area contributed by atoms with Gasteiger partial charge in [0.25, 0.3) is 0 Å². The molecule has 4 heteroatoms. The van der Waals surface area contributed by atoms with Crippen LogP contribution in [0.15, 0.2) is 12.2 Å². The fraction of sp³-hybridized carbons (Fsp3) is 0.812. The molecule has 0 bridgehead atoms. The molecule has 0 saturated carbocycles. The van der Waals surface area contributed by atoms with Crippen LogP contribution in [0.2, 0.25) is 0 Å². The first-order valence-electron chi connectivity index (χ1n) is 8.02. The van der Waals surface area contributed by atoms with Crippen LogP contribution in [0.4, 0.5) is 0 Å². The largest absolute Gasteiger partial charge is 0.379 e. The topological polar surface area (TPSA) is 32.8 Å². The SMILES string of the molecule is CC/C=C/CC(=O)N1CCC[C@H](CN2CCOCC2)C1. The van der Waals surface area contributed by atoms with Crippen LogP contribution in [0.1, 0.15) is 32.6 Å². The van der Waals surface area contributed by atoms with Gasteiger partial charge in [0.15, 0.2) is 0 Å². The van der Waals surface area contributed by atoms with Gasteiger partial charge in [0.2, 0.25) is 5.91 Å². The Morgan fingerprint density at radius 3 is 2.80 bits per heavy atom. The monoisotopic (exact) mass is 280 g/mol. The number of allylic oxidation sites excluding steroid dienone is 1. The van der Waals surface area contributed by atoms with E-state index in [1.807, 2.05) is 6.08 Å². The molecule has 0 aromatic rings. The van der Waals surface area contributed by atoms with Crippen LogP contribution in [0.25, 0.3) is 0 Å². The average Bonchev–Trinajstić information content (AvgIpc) is 2.49. The Bertz CT molecular complexity index is 324. The van der Waals surface area contributed by atoms with Gasteiger partial charge in [-0.05, 0) is 25.2 Å². The maximum atomic E-state index is 12.2. The lowest BCUT2D eigenvalue weighted by Crippen LogP contribution is -2.46. The predicted molar refractivity (Wildman–Crippen MR) is 80.6 cm³/mol. The molecule has 0 aliphatic carbocycles. The van der Waals surface area contributed by atoms with Crippen molar-refractivity contribution in [3.8, 4) is 0 Å². The van der Waals surface area contributed by atoms with Gasteiger partial charge in [-0.15, -0.1) is 0 Å². The molecule has 0 radical (unpaired) electrons. The molecule has 0 spiro atoms. The molecule has 0 aromatic heterocycles. The fourth-order valence-corrected chi connectivity index (χ4v) is 3.07. The van der Waals surface area contributed by atoms with Gasteiger partial charge in [0, 0.05) is 39.1 Å². The molecule has 0 aromatic carbocycles. The molecule has 2 fully saturated rings. The molecule has 2 rings (SSSR count). The lowest BCUT2D eigenvalue weighted by Gasteiger charge is -2.36. The van der Waals surface area contributed by atoms with E-state index in [0.717, 1.165) is 58.8 Å². The van der Waals surface area contributed by atoms with E-state index in [1.54, 1.807) is 0 Å². The minimum Gasteiger partial charge on any atom is -0.379 e. The normalized spacial score (nSPS) is 25.2. The summed E-state index contributed by atoms with van der Waals surface area (Å²) in [5.74, 6) is 0.933. The van der Waals surface area contributed by atoms with Gasteiger partial charge in [0.1, 0.15) is 0 Å². The summed E-state index contributed by atoms with van der Waals surface area (Å²) in [7, 11) is 0. The Morgan fingerprint density at radius 2 is 2.05 bits per heavy atom. The van der Waals surface area contributed by atoms with E-state index in [0.29, 0.717) is 18.2 Å². The summed E-state index contributed by atoms with van der Waals surface area (Å²) in [5, 5.41) is 0. The summed E-state index contributed by atoms with van der Waals surface area (Å²) < 4.78 is 5.39. The molecule has 0 N–H and O–H groups in total. The number of amides is 1. The second-order valence-corrected chi connectivity index (χ2v) is 5.84. The molecule has 20 heavy (non-hydrogen) atoms. The van der Waals surface area contributed by atoms with E-state index in [9.17, 15) is 4.79 Å². The van der Waals surface area contributed by atoms with Crippen LogP contribution in [0, 0.1) is 5.92 Å². The molecule has 1 amide bonds. The summed E-state index contributed by atoms with van der Waals surface area (Å²) in [5.41, 5.74) is 0. The zero-order chi connectivity index (χ0) is 14.2. The number of rotatable bonds is 5. The maximum absolute atomic E-state index is 12.2. The zero-order valence-corrected chi connectivity index (χ0v) is 12.7. The molecule has 4 nitrogen and oxygen atoms in total. The van der Waals surface area contributed by atoms with Crippen LogP contribution in [-0.2, 0) is 9.53 Å². The summed E-state index contributed by atoms with van der Waals surface area (Å²) >= 11 is 0. The van der Waals surface area contributed by atoms with E-state index in [-0.39, 0.29) is 0 Å². The minimum absolute atomic E-state index is 0.293. The first-order chi connectivity index (χ1) is 9.79. The van der Waals surface area contributed by atoms with Crippen LogP contribution in [0.3, 0.4) is 0 Å². The summed E-state index contributed by atoms with van der Waals surface area (Å²) in [6.45, 7) is 8.91. The van der Waals surface area contributed by atoms with Crippen molar-refractivity contribution in [1.29, 1.82) is 0 Å². The average molecular weight is 280 g/mol. The molecule has 2 saturated heterocycles. The molecule has 114 valence electrons. The van der Waals surface area contributed by atoms with E-state index in [1.165, 1.54) is 6.42 Å². The van der Waals surface area contributed by atoms with Crippen molar-refractivity contribution in [3.63, 3.8) is 0 Å². The number of likely N-dealkylation sites (tertiary alicyclic amines) is 1. The number of piperidine rings is 1. The van der Waals surface area contributed by atoms with Gasteiger partial charge in [-0.25, -0.2) is 0 Å². The lowest BCUT2D eigenvalue weighted by atomic mass is 9.97. The Balaban J connectivity index is 1.75. The van der Waals surface area contributed by atoms with E-state index >= 15 is 0 Å². The molecule has 1 atom stereocenters. The second kappa shape index (κ2) is 8.42. The highest BCUT2D eigenvalue weighted by Gasteiger charge is 2.25. The summed E-state index contributed by atoms with van der Waals surface area (Å²) in [6, 6.07) is 0. The van der Waals surface area contributed by atoms with E-state index in [2.05, 4.69) is 22.8 Å². The molecular formula is C16H28N2O2. The van der Waals surface area contributed by atoms with Crippen molar-refractivity contribution in [1.82, 2.24) is 9.80 Å². The van der Waals surface area contributed by atoms with Crippen LogP contribution in [0.5, 0.6) is 0 Å². The summed E-state index contributed by atoms with van der Waals surface area (Å²) in [6.07, 6.45) is 8.07. The molecule has 2 aliphatic heterocycles. The number of carbonyl (C=O) groups excluding carboxylic acids is 1. The molecular weight excluding hydrogens is 252 g/mol. The van der Waals surface area contributed by atoms with Crippen molar-refractivity contribution in [2.75, 3.05) is 45.9 Å². The standard InChI is InChI=1S/C16H28N2O2/c1-2-3-4-7-16(19)18-8-5-6-15(14-18)13-17-9-11-20-12-10-17/h3-4,15H,2,5-14H2,1H3/b4-3+/t15-/m1/s1. The summed E-state index contributed by atoms with van der Waals surface area (Å²) in [4.78, 5) is 16.7. The smallest absolute Gasteiger partial charge is 0.226 e. The molecule has 0 unspecified atom stereocenters. The number of nitrogens with zero attached hydrogens (tertiary/aromatic N) is 2. The Labute approximate surface area is 122 Å². The van der Waals surface area contributed by atoms with Crippen molar-refractivity contribution in [3.05, 3.63) is 12.2 Å². The highest BCUT2D eigenvalue weighted by Crippen LogP contribution is 2.19. The quantitative estimate of drug-likeness (QED) is 0.721. The van der Waals surface area contributed by atoms with Gasteiger partial charge in [-0.1, -0.05) is 19.1 Å². The van der Waals surface area contributed by atoms with Gasteiger partial charge in [-0.2, -0.15) is 0 Å². The first kappa shape index (κ1) is 15.5. The number of hydrogen-bond donors (Lipinski definition) is 0. The van der Waals surface area contributed by atoms with Gasteiger partial charge >= 0.3 is 0 Å². The number of morpholine rings is 1. The fourth-order valence-electron chi connectivity index (χ4n) is 3.07. The van der Waals surface area contributed by atoms with Crippen LogP contribution < -0.4 is 0 Å². The van der Waals surface area contributed by atoms with Gasteiger partial charge in [0.05, 0.1) is 13.2 Å². The molecule has 2 heterocycles. The number of hydrogen-bond acceptors (Lipinski definition) is 3. The zero-order valence-electron chi connectivity index (χ0n) is 12.7. The highest BCUT2D eigenvalue weighted by molar-refractivity contribution is 5.77. The minimum atomic E-state index is 0.293. The third-order valence-electron chi connectivity index (χ3n) is 4.19. The second-order valence-electron chi connectivity index (χ2n) is 5.84. The highest BCUT2D eigenvalue weighted by atomic mass is 16.5. The number of carbonyl (C=O) groups is 1. The van der Waals surface area contributed by atoms with E-state index < -0.39 is 0 Å². The first-order valence-corrected chi connectivity index (χ1v) is 8.02. The van der Waals surface area contributed by atoms with E-state index in [4.69, 9.17) is 4.74 Å². The van der Waals surface area contributed by atoms with Crippen molar-refractivity contribution in [2.24, 2.45) is 5.92 Å². The Morgan fingerprint density at radius 1 is 1.25 bits per heavy atom. The molecule has 2 aliphatic rings. The number of ether oxygens (including phenoxy) is 1. The van der Waals surface area contributed by atoms with Crippen molar-refractivity contribution < 1.29 is 9.53 Å². The Hall–Kier alpha value is -0.870. The maximum Gasteiger partial charge on any atom is 0.226 e. The van der Waals surface area contributed by atoms with Crippen molar-refractivity contribution in [2.45, 2.75) is 32.6 Å². The van der Waals surface area contributed by atoms with Gasteiger partial charge < -0.3 is 9.64 Å². The van der Waals surface area contributed by atoms with Gasteiger partial charge in [-0.3, -0.25) is 9.69 Å². The Kier molecular flexibility index (Phi) is 6.54. The van der Waals surface area contributed by atoms with Crippen LogP contribution in [-0.4, -0.2) is 61.6 Å². The van der Waals surface area contributed by atoms with Crippen LogP contribution >= 0.6 is 0 Å². The van der Waals surface area contributed by atoms with Crippen molar-refractivity contribution >= 4 is 5.91 Å².